The van der Waals surface area contributed by atoms with Crippen molar-refractivity contribution in [2.75, 3.05) is 6.61 Å². The Kier molecular flexibility index (Phi) is 5.03. The zero-order chi connectivity index (χ0) is 14.4. The number of ether oxygens (including phenoxy) is 1. The predicted molar refractivity (Wildman–Crippen MR) is 68.3 cm³/mol. The molecule has 2 rings (SSSR count). The van der Waals surface area contributed by atoms with Gasteiger partial charge in [-0.2, -0.15) is 0 Å². The van der Waals surface area contributed by atoms with Gasteiger partial charge in [-0.1, -0.05) is 19.8 Å². The van der Waals surface area contributed by atoms with Crippen LogP contribution in [0.2, 0.25) is 0 Å². The van der Waals surface area contributed by atoms with Crippen LogP contribution in [0.3, 0.4) is 0 Å². The minimum atomic E-state index is -0.538. The lowest BCUT2D eigenvalue weighted by molar-refractivity contribution is -0.149. The van der Waals surface area contributed by atoms with Gasteiger partial charge in [0, 0.05) is 6.04 Å². The van der Waals surface area contributed by atoms with E-state index in [2.05, 4.69) is 27.8 Å². The van der Waals surface area contributed by atoms with Gasteiger partial charge in [0.15, 0.2) is 6.61 Å². The van der Waals surface area contributed by atoms with E-state index in [9.17, 15) is 9.59 Å². The molecule has 20 heavy (non-hydrogen) atoms. The second-order valence-corrected chi connectivity index (χ2v) is 5.10. The standard InChI is InChI=1S/C12H19N5O3/c1-9-4-2-3-5-10(9)14-11(18)7-20-12(19)6-17-8-13-15-16-17/h8-10H,2-7H2,1H3,(H,14,18)/t9-,10-/m1/s1. The van der Waals surface area contributed by atoms with Crippen LogP contribution in [-0.4, -0.2) is 44.7 Å². The zero-order valence-electron chi connectivity index (χ0n) is 11.5. The van der Waals surface area contributed by atoms with Gasteiger partial charge in [-0.3, -0.25) is 9.59 Å². The van der Waals surface area contributed by atoms with Crippen molar-refractivity contribution >= 4 is 11.9 Å². The van der Waals surface area contributed by atoms with Crippen molar-refractivity contribution in [1.82, 2.24) is 25.5 Å². The quantitative estimate of drug-likeness (QED) is 0.757. The molecule has 1 amide bonds. The summed E-state index contributed by atoms with van der Waals surface area (Å²) in [7, 11) is 0. The SMILES string of the molecule is C[C@@H]1CCCC[C@H]1NC(=O)COC(=O)Cn1cnnn1. The first-order chi connectivity index (χ1) is 9.65. The second kappa shape index (κ2) is 6.97. The molecular formula is C12H19N5O3. The molecule has 0 radical (unpaired) electrons. The van der Waals surface area contributed by atoms with E-state index in [1.54, 1.807) is 0 Å². The van der Waals surface area contributed by atoms with Gasteiger partial charge in [-0.05, 0) is 29.2 Å². The maximum Gasteiger partial charge on any atom is 0.328 e. The third kappa shape index (κ3) is 4.29. The van der Waals surface area contributed by atoms with Crippen LogP contribution in [0.25, 0.3) is 0 Å². The van der Waals surface area contributed by atoms with Crippen LogP contribution in [0.15, 0.2) is 6.33 Å². The lowest BCUT2D eigenvalue weighted by Crippen LogP contribution is -2.43. The zero-order valence-corrected chi connectivity index (χ0v) is 11.5. The van der Waals surface area contributed by atoms with Crippen molar-refractivity contribution < 1.29 is 14.3 Å². The highest BCUT2D eigenvalue weighted by Gasteiger charge is 2.23. The van der Waals surface area contributed by atoms with E-state index in [0.717, 1.165) is 19.3 Å². The molecule has 110 valence electrons. The molecule has 8 heteroatoms. The summed E-state index contributed by atoms with van der Waals surface area (Å²) >= 11 is 0. The van der Waals surface area contributed by atoms with Crippen molar-refractivity contribution in [2.24, 2.45) is 5.92 Å². The number of carbonyl (C=O) groups excluding carboxylic acids is 2. The van der Waals surface area contributed by atoms with Crippen LogP contribution < -0.4 is 5.32 Å². The maximum absolute atomic E-state index is 11.7. The number of nitrogens with one attached hydrogen (secondary N) is 1. The van der Waals surface area contributed by atoms with E-state index in [1.807, 2.05) is 0 Å². The monoisotopic (exact) mass is 281 g/mol. The highest BCUT2D eigenvalue weighted by atomic mass is 16.5. The van der Waals surface area contributed by atoms with Crippen LogP contribution in [0, 0.1) is 5.92 Å². The third-order valence-electron chi connectivity index (χ3n) is 3.50. The highest BCUT2D eigenvalue weighted by Crippen LogP contribution is 2.23. The molecule has 0 spiro atoms. The van der Waals surface area contributed by atoms with E-state index in [-0.39, 0.29) is 25.1 Å². The van der Waals surface area contributed by atoms with Gasteiger partial charge in [-0.15, -0.1) is 5.10 Å². The number of hydrogen-bond acceptors (Lipinski definition) is 6. The molecule has 1 aromatic heterocycles. The molecule has 1 aliphatic carbocycles. The smallest absolute Gasteiger partial charge is 0.328 e. The van der Waals surface area contributed by atoms with Crippen molar-refractivity contribution in [1.29, 1.82) is 0 Å². The summed E-state index contributed by atoms with van der Waals surface area (Å²) in [5, 5.41) is 13.3. The largest absolute Gasteiger partial charge is 0.454 e. The van der Waals surface area contributed by atoms with Gasteiger partial charge in [0.2, 0.25) is 0 Å². The highest BCUT2D eigenvalue weighted by molar-refractivity contribution is 5.80. The molecule has 0 aromatic carbocycles. The van der Waals surface area contributed by atoms with E-state index in [0.29, 0.717) is 5.92 Å². The number of nitrogens with zero attached hydrogens (tertiary/aromatic N) is 4. The summed E-state index contributed by atoms with van der Waals surface area (Å²) < 4.78 is 6.13. The van der Waals surface area contributed by atoms with Crippen LogP contribution in [0.1, 0.15) is 32.6 Å². The molecule has 1 aromatic rings. The van der Waals surface area contributed by atoms with Gasteiger partial charge >= 0.3 is 5.97 Å². The fourth-order valence-electron chi connectivity index (χ4n) is 2.36. The summed E-state index contributed by atoms with van der Waals surface area (Å²) in [5.74, 6) is -0.317. The lowest BCUT2D eigenvalue weighted by Gasteiger charge is -2.29. The fraction of sp³-hybridized carbons (Fsp3) is 0.750. The van der Waals surface area contributed by atoms with Gasteiger partial charge in [0.25, 0.3) is 5.91 Å². The molecule has 1 saturated carbocycles. The molecule has 1 fully saturated rings. The Morgan fingerprint density at radius 1 is 1.40 bits per heavy atom. The van der Waals surface area contributed by atoms with Gasteiger partial charge in [0.05, 0.1) is 0 Å². The number of rotatable bonds is 5. The summed E-state index contributed by atoms with van der Waals surface area (Å²) in [4.78, 5) is 23.2. The van der Waals surface area contributed by atoms with Gasteiger partial charge in [-0.25, -0.2) is 4.68 Å². The van der Waals surface area contributed by atoms with Crippen molar-refractivity contribution in [3.8, 4) is 0 Å². The van der Waals surface area contributed by atoms with Gasteiger partial charge in [0.1, 0.15) is 12.9 Å². The average Bonchev–Trinajstić information content (AvgIpc) is 2.92. The minimum Gasteiger partial charge on any atom is -0.454 e. The Labute approximate surface area is 116 Å². The number of carbonyl (C=O) groups is 2. The van der Waals surface area contributed by atoms with Crippen LogP contribution in [0.4, 0.5) is 0 Å². The first-order valence-corrected chi connectivity index (χ1v) is 6.81. The average molecular weight is 281 g/mol. The third-order valence-corrected chi connectivity index (χ3v) is 3.50. The summed E-state index contributed by atoms with van der Waals surface area (Å²) in [6, 6.07) is 0.189. The fourth-order valence-corrected chi connectivity index (χ4v) is 2.36. The number of aromatic nitrogens is 4. The molecule has 1 N–H and O–H groups in total. The molecule has 1 aliphatic rings. The molecular weight excluding hydrogens is 262 g/mol. The normalized spacial score (nSPS) is 22.2. The van der Waals surface area contributed by atoms with E-state index < -0.39 is 5.97 Å². The van der Waals surface area contributed by atoms with Crippen LogP contribution >= 0.6 is 0 Å². The Morgan fingerprint density at radius 2 is 2.20 bits per heavy atom. The molecule has 0 unspecified atom stereocenters. The molecule has 2 atom stereocenters. The summed E-state index contributed by atoms with van der Waals surface area (Å²) in [6.07, 6.45) is 5.78. The Hall–Kier alpha value is -1.99. The number of tetrazole rings is 1. The lowest BCUT2D eigenvalue weighted by atomic mass is 9.86. The van der Waals surface area contributed by atoms with Crippen molar-refractivity contribution in [3.05, 3.63) is 6.33 Å². The van der Waals surface area contributed by atoms with Crippen molar-refractivity contribution in [3.63, 3.8) is 0 Å². The minimum absolute atomic E-state index is 0.0971. The molecule has 1 heterocycles. The van der Waals surface area contributed by atoms with Crippen molar-refractivity contribution in [2.45, 2.75) is 45.2 Å². The topological polar surface area (TPSA) is 99.0 Å². The summed E-state index contributed by atoms with van der Waals surface area (Å²) in [5.41, 5.74) is 0. The first kappa shape index (κ1) is 14.4. The molecule has 0 aliphatic heterocycles. The number of amides is 1. The van der Waals surface area contributed by atoms with E-state index >= 15 is 0 Å². The predicted octanol–water partition coefficient (Wildman–Crippen LogP) is -0.0888. The van der Waals surface area contributed by atoms with E-state index in [4.69, 9.17) is 4.74 Å². The second-order valence-electron chi connectivity index (χ2n) is 5.10. The molecule has 0 saturated heterocycles. The first-order valence-electron chi connectivity index (χ1n) is 6.81. The van der Waals surface area contributed by atoms with E-state index in [1.165, 1.54) is 17.4 Å². The number of esters is 1. The molecule has 8 nitrogen and oxygen atoms in total. The Morgan fingerprint density at radius 3 is 2.90 bits per heavy atom. The maximum atomic E-state index is 11.7. The Bertz CT molecular complexity index is 448. The molecule has 0 bridgehead atoms. The summed E-state index contributed by atoms with van der Waals surface area (Å²) in [6.45, 7) is 1.78. The Balaban J connectivity index is 1.68. The van der Waals surface area contributed by atoms with Crippen LogP contribution in [0.5, 0.6) is 0 Å². The van der Waals surface area contributed by atoms with Crippen LogP contribution in [-0.2, 0) is 20.9 Å². The van der Waals surface area contributed by atoms with Gasteiger partial charge < -0.3 is 10.1 Å². The number of hydrogen-bond donors (Lipinski definition) is 1.